The molecule has 0 bridgehead atoms. The zero-order valence-corrected chi connectivity index (χ0v) is 14.4. The van der Waals surface area contributed by atoms with E-state index < -0.39 is 5.54 Å². The van der Waals surface area contributed by atoms with Crippen LogP contribution in [0.1, 0.15) is 30.4 Å². The van der Waals surface area contributed by atoms with E-state index in [2.05, 4.69) is 17.4 Å². The predicted molar refractivity (Wildman–Crippen MR) is 88.6 cm³/mol. The summed E-state index contributed by atoms with van der Waals surface area (Å²) in [6.07, 6.45) is 3.06. The fourth-order valence-electron chi connectivity index (χ4n) is 5.42. The van der Waals surface area contributed by atoms with Crippen molar-refractivity contribution in [2.45, 2.75) is 36.6 Å². The molecule has 2 heterocycles. The van der Waals surface area contributed by atoms with Crippen molar-refractivity contribution in [2.24, 2.45) is 0 Å². The number of hydrogen-bond donors (Lipinski definition) is 1. The minimum atomic E-state index is -0.401. The van der Waals surface area contributed by atoms with Crippen LogP contribution in [0.15, 0.2) is 23.7 Å². The van der Waals surface area contributed by atoms with Gasteiger partial charge in [-0.3, -0.25) is 4.79 Å². The monoisotopic (exact) mass is 343 g/mol. The van der Waals surface area contributed by atoms with E-state index in [1.54, 1.807) is 14.2 Å². The largest absolute Gasteiger partial charge is 0.495 e. The summed E-state index contributed by atoms with van der Waals surface area (Å²) < 4.78 is 22.4. The van der Waals surface area contributed by atoms with Crippen molar-refractivity contribution in [3.05, 3.63) is 34.8 Å². The highest BCUT2D eigenvalue weighted by atomic mass is 16.7. The molecule has 0 spiro atoms. The maximum absolute atomic E-state index is 12.9. The van der Waals surface area contributed by atoms with E-state index in [9.17, 15) is 4.79 Å². The smallest absolute Gasteiger partial charge is 0.231 e. The average molecular weight is 343 g/mol. The first-order chi connectivity index (χ1) is 12.1. The van der Waals surface area contributed by atoms with Crippen molar-refractivity contribution in [3.63, 3.8) is 0 Å². The van der Waals surface area contributed by atoms with Gasteiger partial charge in [0, 0.05) is 11.8 Å². The lowest BCUT2D eigenvalue weighted by molar-refractivity contribution is -0.123. The number of Topliss-reactive ketones (excluding diaryl/α,β-unsaturated/α-hetero) is 1. The van der Waals surface area contributed by atoms with Crippen LogP contribution in [0, 0.1) is 0 Å². The van der Waals surface area contributed by atoms with Gasteiger partial charge in [0.25, 0.3) is 0 Å². The van der Waals surface area contributed by atoms with Gasteiger partial charge in [0.1, 0.15) is 0 Å². The zero-order chi connectivity index (χ0) is 17.2. The maximum atomic E-state index is 12.9. The number of carbonyl (C=O) groups is 1. The van der Waals surface area contributed by atoms with Gasteiger partial charge in [-0.1, -0.05) is 0 Å². The molecule has 0 amide bonds. The van der Waals surface area contributed by atoms with Crippen molar-refractivity contribution in [1.29, 1.82) is 0 Å². The molecule has 2 aliphatic carbocycles. The van der Waals surface area contributed by atoms with Crippen LogP contribution in [0.2, 0.25) is 0 Å². The minimum Gasteiger partial charge on any atom is -0.495 e. The maximum Gasteiger partial charge on any atom is 0.231 e. The van der Waals surface area contributed by atoms with E-state index in [4.69, 9.17) is 18.9 Å². The first kappa shape index (κ1) is 15.1. The van der Waals surface area contributed by atoms with E-state index >= 15 is 0 Å². The number of fused-ring (bicyclic) bond motifs is 2. The fraction of sp³-hybridized carbons (Fsp3) is 0.526. The molecule has 0 saturated carbocycles. The summed E-state index contributed by atoms with van der Waals surface area (Å²) in [6, 6.07) is 4.16. The number of aryl methyl sites for hydroxylation is 1. The van der Waals surface area contributed by atoms with E-state index in [0.717, 1.165) is 37.3 Å². The van der Waals surface area contributed by atoms with Gasteiger partial charge >= 0.3 is 0 Å². The molecule has 2 atom stereocenters. The van der Waals surface area contributed by atoms with Gasteiger partial charge in [-0.15, -0.1) is 0 Å². The second-order valence-electron chi connectivity index (χ2n) is 7.19. The zero-order valence-electron chi connectivity index (χ0n) is 14.4. The first-order valence-corrected chi connectivity index (χ1v) is 8.69. The fourth-order valence-corrected chi connectivity index (χ4v) is 5.42. The number of methoxy groups -OCH3 is 2. The Morgan fingerprint density at radius 3 is 2.68 bits per heavy atom. The summed E-state index contributed by atoms with van der Waals surface area (Å²) in [4.78, 5) is 12.9. The number of nitrogens with one attached hydrogen (secondary N) is 1. The summed E-state index contributed by atoms with van der Waals surface area (Å²) in [5, 5.41) is 3.67. The van der Waals surface area contributed by atoms with Gasteiger partial charge in [0.05, 0.1) is 19.8 Å². The summed E-state index contributed by atoms with van der Waals surface area (Å²) in [5.41, 5.74) is 1.70. The van der Waals surface area contributed by atoms with Crippen LogP contribution < -0.4 is 14.8 Å². The van der Waals surface area contributed by atoms with Gasteiger partial charge in [-0.2, -0.15) is 0 Å². The van der Waals surface area contributed by atoms with E-state index in [1.165, 1.54) is 11.1 Å². The van der Waals surface area contributed by atoms with Crippen LogP contribution in [0.5, 0.6) is 11.5 Å². The number of allylic oxidation sites excluding steroid dienone is 1. The topological polar surface area (TPSA) is 66.0 Å². The third-order valence-corrected chi connectivity index (χ3v) is 6.40. The summed E-state index contributed by atoms with van der Waals surface area (Å²) in [6.45, 7) is 1.09. The van der Waals surface area contributed by atoms with Crippen molar-refractivity contribution in [3.8, 4) is 11.5 Å². The summed E-state index contributed by atoms with van der Waals surface area (Å²) in [7, 11) is 3.17. The van der Waals surface area contributed by atoms with Gasteiger partial charge in [0.15, 0.2) is 17.3 Å². The lowest BCUT2D eigenvalue weighted by atomic mass is 9.54. The average Bonchev–Trinajstić information content (AvgIpc) is 3.22. The van der Waals surface area contributed by atoms with E-state index in [1.807, 2.05) is 0 Å². The Morgan fingerprint density at radius 2 is 1.92 bits per heavy atom. The van der Waals surface area contributed by atoms with E-state index in [0.29, 0.717) is 17.9 Å². The molecule has 5 rings (SSSR count). The Kier molecular flexibility index (Phi) is 2.96. The minimum absolute atomic E-state index is 0.00388. The Morgan fingerprint density at radius 1 is 1.12 bits per heavy atom. The molecule has 2 unspecified atom stereocenters. The van der Waals surface area contributed by atoms with Gasteiger partial charge in [0.2, 0.25) is 18.3 Å². The lowest BCUT2D eigenvalue weighted by Gasteiger charge is -2.52. The predicted octanol–water partition coefficient (Wildman–Crippen LogP) is 1.81. The third kappa shape index (κ3) is 1.66. The lowest BCUT2D eigenvalue weighted by Crippen LogP contribution is -2.62. The molecule has 132 valence electrons. The molecule has 1 saturated heterocycles. The number of hydrogen-bond acceptors (Lipinski definition) is 6. The molecule has 2 aliphatic heterocycles. The number of benzene rings is 1. The number of rotatable bonds is 2. The molecule has 4 aliphatic rings. The Balaban J connectivity index is 1.77. The quantitative estimate of drug-likeness (QED) is 0.883. The second kappa shape index (κ2) is 4.91. The molecule has 0 radical (unpaired) electrons. The molecule has 1 aromatic rings. The van der Waals surface area contributed by atoms with Crippen LogP contribution >= 0.6 is 0 Å². The SMILES string of the molecule is COC1=C(OC)C23CCc4cc5c(cc4C2(CCN3)CC1=O)OCO5. The second-order valence-corrected chi connectivity index (χ2v) is 7.19. The molecule has 6 nitrogen and oxygen atoms in total. The number of carbonyl (C=O) groups excluding carboxylic acids is 1. The van der Waals surface area contributed by atoms with Crippen molar-refractivity contribution in [1.82, 2.24) is 5.32 Å². The first-order valence-electron chi connectivity index (χ1n) is 8.69. The molecule has 1 aromatic carbocycles. The van der Waals surface area contributed by atoms with Gasteiger partial charge in [-0.25, -0.2) is 0 Å². The highest BCUT2D eigenvalue weighted by molar-refractivity contribution is 5.97. The van der Waals surface area contributed by atoms with E-state index in [-0.39, 0.29) is 18.0 Å². The Labute approximate surface area is 146 Å². The molecule has 6 heteroatoms. The highest BCUT2D eigenvalue weighted by Crippen LogP contribution is 2.59. The summed E-state index contributed by atoms with van der Waals surface area (Å²) >= 11 is 0. The molecule has 1 N–H and O–H groups in total. The van der Waals surface area contributed by atoms with Crippen LogP contribution in [0.4, 0.5) is 0 Å². The van der Waals surface area contributed by atoms with Gasteiger partial charge in [-0.05, 0) is 49.1 Å². The van der Waals surface area contributed by atoms with Crippen LogP contribution in [0.25, 0.3) is 0 Å². The molecule has 0 aromatic heterocycles. The van der Waals surface area contributed by atoms with Crippen LogP contribution in [0.3, 0.4) is 0 Å². The molecule has 25 heavy (non-hydrogen) atoms. The van der Waals surface area contributed by atoms with Crippen molar-refractivity contribution < 1.29 is 23.7 Å². The third-order valence-electron chi connectivity index (χ3n) is 6.40. The Bertz CT molecular complexity index is 816. The molecule has 1 fully saturated rings. The summed E-state index contributed by atoms with van der Waals surface area (Å²) in [5.74, 6) is 2.58. The number of ketones is 1. The van der Waals surface area contributed by atoms with Gasteiger partial charge < -0.3 is 24.3 Å². The van der Waals surface area contributed by atoms with Crippen LogP contribution in [-0.2, 0) is 26.1 Å². The normalized spacial score (nSPS) is 32.2. The standard InChI is InChI=1S/C19H21NO5/c1-22-16-13(21)9-18-5-6-20-19(18,17(16)23-2)4-3-11-7-14-15(8-12(11)18)25-10-24-14/h7-8,20H,3-6,9-10H2,1-2H3. The molecular weight excluding hydrogens is 322 g/mol. The Hall–Kier alpha value is -2.21. The van der Waals surface area contributed by atoms with Crippen molar-refractivity contribution in [2.75, 3.05) is 27.6 Å². The highest BCUT2D eigenvalue weighted by Gasteiger charge is 2.65. The van der Waals surface area contributed by atoms with Crippen molar-refractivity contribution >= 4 is 5.78 Å². The number of ether oxygens (including phenoxy) is 4. The van der Waals surface area contributed by atoms with Crippen LogP contribution in [-0.4, -0.2) is 38.9 Å². The molecular formula is C19H21NO5.